The van der Waals surface area contributed by atoms with Crippen molar-refractivity contribution in [1.29, 1.82) is 0 Å². The topological polar surface area (TPSA) is 63.2 Å². The summed E-state index contributed by atoms with van der Waals surface area (Å²) in [5, 5.41) is 7.56. The maximum atomic E-state index is 13.3. The van der Waals surface area contributed by atoms with Gasteiger partial charge in [-0.2, -0.15) is 0 Å². The van der Waals surface area contributed by atoms with E-state index < -0.39 is 12.1 Å². The lowest BCUT2D eigenvalue weighted by Gasteiger charge is -2.17. The highest BCUT2D eigenvalue weighted by molar-refractivity contribution is 7.13. The Labute approximate surface area is 119 Å². The van der Waals surface area contributed by atoms with Crippen LogP contribution in [0.3, 0.4) is 0 Å². The van der Waals surface area contributed by atoms with Gasteiger partial charge in [-0.25, -0.2) is 14.2 Å². The SMILES string of the molecule is COc1ccc(F)cc1[C@@H](C)NC(=O)Nc1nccs1. The van der Waals surface area contributed by atoms with Crippen LogP contribution in [0.4, 0.5) is 14.3 Å². The number of benzene rings is 1. The third-order valence-electron chi connectivity index (χ3n) is 2.66. The van der Waals surface area contributed by atoms with Gasteiger partial charge in [0.2, 0.25) is 0 Å². The molecule has 0 bridgehead atoms. The summed E-state index contributed by atoms with van der Waals surface area (Å²) in [7, 11) is 1.50. The van der Waals surface area contributed by atoms with Crippen LogP contribution in [0.15, 0.2) is 29.8 Å². The molecule has 20 heavy (non-hydrogen) atoms. The number of nitrogens with zero attached hydrogens (tertiary/aromatic N) is 1. The van der Waals surface area contributed by atoms with Crippen LogP contribution in [0.1, 0.15) is 18.5 Å². The minimum atomic E-state index is -0.404. The van der Waals surface area contributed by atoms with Gasteiger partial charge in [0, 0.05) is 17.1 Å². The lowest BCUT2D eigenvalue weighted by atomic mass is 10.1. The second-order valence-electron chi connectivity index (χ2n) is 4.04. The van der Waals surface area contributed by atoms with Gasteiger partial charge < -0.3 is 10.1 Å². The summed E-state index contributed by atoms with van der Waals surface area (Å²) < 4.78 is 18.5. The number of hydrogen-bond donors (Lipinski definition) is 2. The molecule has 2 rings (SSSR count). The Bertz CT molecular complexity index is 589. The molecule has 0 aliphatic carbocycles. The number of carbonyl (C=O) groups is 1. The number of thiazole rings is 1. The Kier molecular flexibility index (Phi) is 4.52. The van der Waals surface area contributed by atoms with Crippen LogP contribution in [-0.2, 0) is 0 Å². The Morgan fingerprint density at radius 1 is 1.50 bits per heavy atom. The number of aromatic nitrogens is 1. The number of anilines is 1. The van der Waals surface area contributed by atoms with Crippen LogP contribution in [-0.4, -0.2) is 18.1 Å². The fraction of sp³-hybridized carbons (Fsp3) is 0.231. The third-order valence-corrected chi connectivity index (χ3v) is 3.35. The lowest BCUT2D eigenvalue weighted by Crippen LogP contribution is -2.31. The Morgan fingerprint density at radius 2 is 2.30 bits per heavy atom. The first-order valence-electron chi connectivity index (χ1n) is 5.90. The van der Waals surface area contributed by atoms with Crippen molar-refractivity contribution in [2.24, 2.45) is 0 Å². The largest absolute Gasteiger partial charge is 0.496 e. The van der Waals surface area contributed by atoms with Crippen LogP contribution in [0.5, 0.6) is 5.75 Å². The molecule has 1 aromatic carbocycles. The molecule has 0 aliphatic rings. The predicted molar refractivity (Wildman–Crippen MR) is 75.6 cm³/mol. The van der Waals surface area contributed by atoms with E-state index in [2.05, 4.69) is 15.6 Å². The summed E-state index contributed by atoms with van der Waals surface area (Å²) >= 11 is 1.32. The molecule has 0 spiro atoms. The number of ether oxygens (including phenoxy) is 1. The van der Waals surface area contributed by atoms with E-state index in [1.54, 1.807) is 18.5 Å². The number of hydrogen-bond acceptors (Lipinski definition) is 4. The van der Waals surface area contributed by atoms with Crippen LogP contribution < -0.4 is 15.4 Å². The molecule has 1 heterocycles. The average molecular weight is 295 g/mol. The zero-order chi connectivity index (χ0) is 14.5. The van der Waals surface area contributed by atoms with Gasteiger partial charge in [0.25, 0.3) is 0 Å². The van der Waals surface area contributed by atoms with Crippen molar-refractivity contribution in [3.63, 3.8) is 0 Å². The molecule has 1 aromatic heterocycles. The van der Waals surface area contributed by atoms with Crippen LogP contribution in [0.25, 0.3) is 0 Å². The molecule has 0 radical (unpaired) electrons. The van der Waals surface area contributed by atoms with E-state index in [4.69, 9.17) is 4.74 Å². The summed E-state index contributed by atoms with van der Waals surface area (Å²) in [6.45, 7) is 1.75. The molecular formula is C13H14FN3O2S. The van der Waals surface area contributed by atoms with Gasteiger partial charge in [-0.15, -0.1) is 11.3 Å². The van der Waals surface area contributed by atoms with E-state index >= 15 is 0 Å². The predicted octanol–water partition coefficient (Wildman–Crippen LogP) is 3.17. The maximum absolute atomic E-state index is 13.3. The van der Waals surface area contributed by atoms with Crippen molar-refractivity contribution in [2.75, 3.05) is 12.4 Å². The molecule has 0 fully saturated rings. The molecular weight excluding hydrogens is 281 g/mol. The molecule has 7 heteroatoms. The normalized spacial score (nSPS) is 11.8. The van der Waals surface area contributed by atoms with Gasteiger partial charge in [-0.3, -0.25) is 5.32 Å². The molecule has 0 saturated heterocycles. The number of halogens is 1. The highest BCUT2D eigenvalue weighted by Gasteiger charge is 2.15. The second-order valence-corrected chi connectivity index (χ2v) is 4.94. The fourth-order valence-electron chi connectivity index (χ4n) is 1.74. The molecule has 2 amide bonds. The van der Waals surface area contributed by atoms with Crippen molar-refractivity contribution in [1.82, 2.24) is 10.3 Å². The van der Waals surface area contributed by atoms with E-state index in [1.807, 2.05) is 0 Å². The molecule has 5 nitrogen and oxygen atoms in total. The summed E-state index contributed by atoms with van der Waals surface area (Å²) in [6, 6.07) is 3.37. The molecule has 2 aromatic rings. The molecule has 1 atom stereocenters. The van der Waals surface area contributed by atoms with Crippen LogP contribution in [0, 0.1) is 5.82 Å². The van der Waals surface area contributed by atoms with E-state index in [9.17, 15) is 9.18 Å². The third kappa shape index (κ3) is 3.45. The number of nitrogens with one attached hydrogen (secondary N) is 2. The minimum absolute atomic E-state index is 0.380. The number of amides is 2. The minimum Gasteiger partial charge on any atom is -0.496 e. The van der Waals surface area contributed by atoms with E-state index in [-0.39, 0.29) is 5.82 Å². The first-order valence-corrected chi connectivity index (χ1v) is 6.78. The summed E-state index contributed by atoms with van der Waals surface area (Å²) in [5.74, 6) is 0.142. The number of urea groups is 1. The van der Waals surface area contributed by atoms with Crippen LogP contribution >= 0.6 is 11.3 Å². The van der Waals surface area contributed by atoms with Crippen molar-refractivity contribution >= 4 is 22.5 Å². The smallest absolute Gasteiger partial charge is 0.321 e. The van der Waals surface area contributed by atoms with Gasteiger partial charge in [0.05, 0.1) is 13.2 Å². The van der Waals surface area contributed by atoms with Crippen LogP contribution in [0.2, 0.25) is 0 Å². The molecule has 0 unspecified atom stereocenters. The molecule has 0 saturated carbocycles. The first-order chi connectivity index (χ1) is 9.60. The quantitative estimate of drug-likeness (QED) is 0.910. The summed E-state index contributed by atoms with van der Waals surface area (Å²) in [6.07, 6.45) is 1.60. The lowest BCUT2D eigenvalue weighted by molar-refractivity contribution is 0.249. The molecule has 2 N–H and O–H groups in total. The summed E-state index contributed by atoms with van der Waals surface area (Å²) in [5.41, 5.74) is 0.571. The monoisotopic (exact) mass is 295 g/mol. The fourth-order valence-corrected chi connectivity index (χ4v) is 2.26. The van der Waals surface area contributed by atoms with Gasteiger partial charge in [0.1, 0.15) is 11.6 Å². The van der Waals surface area contributed by atoms with Gasteiger partial charge in [0.15, 0.2) is 5.13 Å². The standard InChI is InChI=1S/C13H14FN3O2S/c1-8(10-7-9(14)3-4-11(10)19-2)16-12(18)17-13-15-5-6-20-13/h3-8H,1-2H3,(H2,15,16,17,18)/t8-/m1/s1. The maximum Gasteiger partial charge on any atom is 0.321 e. The Morgan fingerprint density at radius 3 is 2.95 bits per heavy atom. The molecule has 0 aliphatic heterocycles. The van der Waals surface area contributed by atoms with Crippen molar-refractivity contribution in [3.05, 3.63) is 41.2 Å². The number of carbonyl (C=O) groups excluding carboxylic acids is 1. The van der Waals surface area contributed by atoms with Gasteiger partial charge >= 0.3 is 6.03 Å². The Balaban J connectivity index is 2.06. The van der Waals surface area contributed by atoms with E-state index in [0.29, 0.717) is 16.4 Å². The highest BCUT2D eigenvalue weighted by Crippen LogP contribution is 2.25. The van der Waals surface area contributed by atoms with Gasteiger partial charge in [-0.1, -0.05) is 0 Å². The molecule has 106 valence electrons. The second kappa shape index (κ2) is 6.33. The zero-order valence-electron chi connectivity index (χ0n) is 11.0. The zero-order valence-corrected chi connectivity index (χ0v) is 11.8. The van der Waals surface area contributed by atoms with Crippen molar-refractivity contribution in [2.45, 2.75) is 13.0 Å². The first kappa shape index (κ1) is 14.3. The highest BCUT2D eigenvalue weighted by atomic mass is 32.1. The number of rotatable bonds is 4. The average Bonchev–Trinajstić information content (AvgIpc) is 2.91. The summed E-state index contributed by atoms with van der Waals surface area (Å²) in [4.78, 5) is 15.7. The van der Waals surface area contributed by atoms with Crippen molar-refractivity contribution < 1.29 is 13.9 Å². The Hall–Kier alpha value is -2.15. The van der Waals surface area contributed by atoms with Gasteiger partial charge in [-0.05, 0) is 25.1 Å². The van der Waals surface area contributed by atoms with Crippen molar-refractivity contribution in [3.8, 4) is 5.75 Å². The number of methoxy groups -OCH3 is 1. The van der Waals surface area contributed by atoms with E-state index in [1.165, 1.54) is 36.6 Å². The van der Waals surface area contributed by atoms with E-state index in [0.717, 1.165) is 0 Å².